The van der Waals surface area contributed by atoms with E-state index in [0.717, 1.165) is 25.1 Å². The molecule has 0 bridgehead atoms. The summed E-state index contributed by atoms with van der Waals surface area (Å²) in [5, 5.41) is 3.33. The maximum atomic E-state index is 13.7. The third kappa shape index (κ3) is 2.53. The molecule has 0 saturated carbocycles. The molecule has 0 spiro atoms. The van der Waals surface area contributed by atoms with E-state index >= 15 is 0 Å². The lowest BCUT2D eigenvalue weighted by molar-refractivity contribution is 0.573. The molecular weight excluding hydrogens is 203 g/mol. The maximum Gasteiger partial charge on any atom is 0.146 e. The van der Waals surface area contributed by atoms with Crippen molar-refractivity contribution in [2.45, 2.75) is 12.8 Å². The first kappa shape index (κ1) is 11.4. The highest BCUT2D eigenvalue weighted by Crippen LogP contribution is 2.21. The van der Waals surface area contributed by atoms with Gasteiger partial charge in [0.15, 0.2) is 0 Å². The molecule has 0 amide bonds. The maximum absolute atomic E-state index is 13.7. The Morgan fingerprint density at radius 3 is 2.81 bits per heavy atom. The van der Waals surface area contributed by atoms with Crippen molar-refractivity contribution >= 4 is 5.69 Å². The first-order valence-corrected chi connectivity index (χ1v) is 5.83. The van der Waals surface area contributed by atoms with E-state index in [4.69, 9.17) is 0 Å². The van der Waals surface area contributed by atoms with Crippen molar-refractivity contribution in [1.29, 1.82) is 0 Å². The summed E-state index contributed by atoms with van der Waals surface area (Å²) in [6.07, 6.45) is 2.19. The van der Waals surface area contributed by atoms with Gasteiger partial charge in [0.25, 0.3) is 0 Å². The van der Waals surface area contributed by atoms with E-state index in [1.54, 1.807) is 11.0 Å². The van der Waals surface area contributed by atoms with E-state index < -0.39 is 0 Å². The number of nitrogens with zero attached hydrogens (tertiary/aromatic N) is 1. The van der Waals surface area contributed by atoms with Gasteiger partial charge in [-0.15, -0.1) is 0 Å². The van der Waals surface area contributed by atoms with E-state index in [9.17, 15) is 4.39 Å². The van der Waals surface area contributed by atoms with Crippen LogP contribution in [0, 0.1) is 11.7 Å². The standard InChI is InChI=1S/C13H19FN2/c1-16(2)13-4-3-10(8-12(13)14)7-11-5-6-15-9-11/h3-4,8,11,15H,5-7,9H2,1-2H3. The van der Waals surface area contributed by atoms with Gasteiger partial charge in [0.2, 0.25) is 0 Å². The number of rotatable bonds is 3. The topological polar surface area (TPSA) is 15.3 Å². The fourth-order valence-electron chi connectivity index (χ4n) is 2.26. The molecule has 1 saturated heterocycles. The SMILES string of the molecule is CN(C)c1ccc(CC2CCNC2)cc1F. The fraction of sp³-hybridized carbons (Fsp3) is 0.538. The normalized spacial score (nSPS) is 20.1. The zero-order valence-corrected chi connectivity index (χ0v) is 9.96. The average Bonchev–Trinajstić information content (AvgIpc) is 2.70. The summed E-state index contributed by atoms with van der Waals surface area (Å²) in [5.74, 6) is 0.554. The van der Waals surface area contributed by atoms with Crippen LogP contribution in [0.2, 0.25) is 0 Å². The van der Waals surface area contributed by atoms with Crippen molar-refractivity contribution in [2.24, 2.45) is 5.92 Å². The molecule has 1 aromatic carbocycles. The number of hydrogen-bond donors (Lipinski definition) is 1. The number of nitrogens with one attached hydrogen (secondary N) is 1. The number of benzene rings is 1. The van der Waals surface area contributed by atoms with Crippen LogP contribution in [-0.4, -0.2) is 27.2 Å². The predicted molar refractivity (Wildman–Crippen MR) is 65.4 cm³/mol. The second-order valence-corrected chi connectivity index (χ2v) is 4.74. The van der Waals surface area contributed by atoms with Gasteiger partial charge in [0.05, 0.1) is 5.69 Å². The average molecular weight is 222 g/mol. The summed E-state index contributed by atoms with van der Waals surface area (Å²) in [6.45, 7) is 2.17. The van der Waals surface area contributed by atoms with Crippen LogP contribution in [0.15, 0.2) is 18.2 Å². The number of anilines is 1. The van der Waals surface area contributed by atoms with E-state index in [1.165, 1.54) is 6.42 Å². The summed E-state index contributed by atoms with van der Waals surface area (Å²) < 4.78 is 13.7. The number of hydrogen-bond acceptors (Lipinski definition) is 2. The van der Waals surface area contributed by atoms with E-state index in [0.29, 0.717) is 11.6 Å². The largest absolute Gasteiger partial charge is 0.375 e. The Morgan fingerprint density at radius 2 is 2.25 bits per heavy atom. The molecule has 1 aliphatic rings. The minimum Gasteiger partial charge on any atom is -0.375 e. The summed E-state index contributed by atoms with van der Waals surface area (Å²) in [7, 11) is 3.72. The van der Waals surface area contributed by atoms with Gasteiger partial charge in [-0.05, 0) is 49.5 Å². The monoisotopic (exact) mass is 222 g/mol. The lowest BCUT2D eigenvalue weighted by Gasteiger charge is -2.15. The van der Waals surface area contributed by atoms with Crippen LogP contribution in [0.1, 0.15) is 12.0 Å². The van der Waals surface area contributed by atoms with Crippen molar-refractivity contribution < 1.29 is 4.39 Å². The molecule has 1 atom stereocenters. The molecule has 1 heterocycles. The molecule has 1 N–H and O–H groups in total. The van der Waals surface area contributed by atoms with Gasteiger partial charge < -0.3 is 10.2 Å². The molecule has 16 heavy (non-hydrogen) atoms. The Balaban J connectivity index is 2.08. The first-order chi connectivity index (χ1) is 7.66. The molecule has 1 aliphatic heterocycles. The van der Waals surface area contributed by atoms with Crippen LogP contribution >= 0.6 is 0 Å². The van der Waals surface area contributed by atoms with Gasteiger partial charge in [-0.2, -0.15) is 0 Å². The molecule has 1 aromatic rings. The van der Waals surface area contributed by atoms with E-state index in [-0.39, 0.29) is 5.82 Å². The van der Waals surface area contributed by atoms with Crippen LogP contribution in [0.25, 0.3) is 0 Å². The highest BCUT2D eigenvalue weighted by atomic mass is 19.1. The van der Waals surface area contributed by atoms with Crippen LogP contribution in [-0.2, 0) is 6.42 Å². The van der Waals surface area contributed by atoms with Crippen LogP contribution < -0.4 is 10.2 Å². The fourth-order valence-corrected chi connectivity index (χ4v) is 2.26. The van der Waals surface area contributed by atoms with Crippen LogP contribution in [0.4, 0.5) is 10.1 Å². The zero-order chi connectivity index (χ0) is 11.5. The summed E-state index contributed by atoms with van der Waals surface area (Å²) in [5.41, 5.74) is 1.77. The van der Waals surface area contributed by atoms with Gasteiger partial charge in [-0.3, -0.25) is 0 Å². The Labute approximate surface area is 96.5 Å². The molecule has 2 nitrogen and oxygen atoms in total. The molecule has 2 rings (SSSR count). The Bertz CT molecular complexity index is 357. The lowest BCUT2D eigenvalue weighted by Crippen LogP contribution is -2.12. The smallest absolute Gasteiger partial charge is 0.146 e. The van der Waals surface area contributed by atoms with E-state index in [1.807, 2.05) is 26.2 Å². The highest BCUT2D eigenvalue weighted by Gasteiger charge is 2.15. The minimum absolute atomic E-state index is 0.117. The predicted octanol–water partition coefficient (Wildman–Crippen LogP) is 2.04. The lowest BCUT2D eigenvalue weighted by atomic mass is 9.98. The second-order valence-electron chi connectivity index (χ2n) is 4.74. The van der Waals surface area contributed by atoms with Gasteiger partial charge in [0.1, 0.15) is 5.82 Å². The third-order valence-corrected chi connectivity index (χ3v) is 3.18. The number of halogens is 1. The van der Waals surface area contributed by atoms with E-state index in [2.05, 4.69) is 5.32 Å². The minimum atomic E-state index is -0.117. The van der Waals surface area contributed by atoms with Crippen LogP contribution in [0.3, 0.4) is 0 Å². The third-order valence-electron chi connectivity index (χ3n) is 3.18. The Morgan fingerprint density at radius 1 is 1.44 bits per heavy atom. The second kappa shape index (κ2) is 4.83. The molecule has 3 heteroatoms. The van der Waals surface area contributed by atoms with Gasteiger partial charge in [-0.1, -0.05) is 6.07 Å². The molecule has 0 aromatic heterocycles. The molecule has 1 fully saturated rings. The van der Waals surface area contributed by atoms with Gasteiger partial charge in [-0.25, -0.2) is 4.39 Å². The first-order valence-electron chi connectivity index (χ1n) is 5.83. The Hall–Kier alpha value is -1.09. The highest BCUT2D eigenvalue weighted by molar-refractivity contribution is 5.47. The van der Waals surface area contributed by atoms with Crippen molar-refractivity contribution in [1.82, 2.24) is 5.32 Å². The van der Waals surface area contributed by atoms with Crippen molar-refractivity contribution in [3.8, 4) is 0 Å². The quantitative estimate of drug-likeness (QED) is 0.842. The summed E-state index contributed by atoms with van der Waals surface area (Å²) >= 11 is 0. The van der Waals surface area contributed by atoms with Gasteiger partial charge >= 0.3 is 0 Å². The van der Waals surface area contributed by atoms with Crippen molar-refractivity contribution in [2.75, 3.05) is 32.1 Å². The molecule has 0 aliphatic carbocycles. The summed E-state index contributed by atoms with van der Waals surface area (Å²) in [4.78, 5) is 1.80. The molecule has 0 radical (unpaired) electrons. The summed E-state index contributed by atoms with van der Waals surface area (Å²) in [6, 6.07) is 5.58. The van der Waals surface area contributed by atoms with Crippen molar-refractivity contribution in [3.63, 3.8) is 0 Å². The Kier molecular flexibility index (Phi) is 3.44. The van der Waals surface area contributed by atoms with Crippen LogP contribution in [0.5, 0.6) is 0 Å². The molecular formula is C13H19FN2. The van der Waals surface area contributed by atoms with Gasteiger partial charge in [0, 0.05) is 14.1 Å². The zero-order valence-electron chi connectivity index (χ0n) is 9.96. The molecule has 1 unspecified atom stereocenters. The molecule has 88 valence electrons. The van der Waals surface area contributed by atoms with Crippen molar-refractivity contribution in [3.05, 3.63) is 29.6 Å².